The Morgan fingerprint density at radius 2 is 2.23 bits per heavy atom. The van der Waals surface area contributed by atoms with Gasteiger partial charge < -0.3 is 14.6 Å². The van der Waals surface area contributed by atoms with Gasteiger partial charge in [0.15, 0.2) is 5.65 Å². The van der Waals surface area contributed by atoms with E-state index in [1.54, 1.807) is 23.1 Å². The molecule has 0 radical (unpaired) electrons. The number of anilines is 1. The van der Waals surface area contributed by atoms with E-state index in [0.717, 1.165) is 31.2 Å². The van der Waals surface area contributed by atoms with Gasteiger partial charge in [-0.3, -0.25) is 14.2 Å². The molecule has 1 saturated heterocycles. The summed E-state index contributed by atoms with van der Waals surface area (Å²) in [4.78, 5) is 11.1. The van der Waals surface area contributed by atoms with Crippen LogP contribution in [0.15, 0.2) is 18.6 Å². The lowest BCUT2D eigenvalue weighted by atomic mass is 9.94. The highest BCUT2D eigenvalue weighted by molar-refractivity contribution is 7.79. The highest BCUT2D eigenvalue weighted by Gasteiger charge is 2.28. The largest absolute Gasteiger partial charge is 0.771 e. The number of nitrogens with zero attached hydrogens (tertiary/aromatic N) is 6. The van der Waals surface area contributed by atoms with Crippen molar-refractivity contribution < 1.29 is 13.5 Å². The molecule has 2 aliphatic rings. The molecule has 31 heavy (non-hydrogen) atoms. The molecule has 1 unspecified atom stereocenters. The van der Waals surface area contributed by atoms with Crippen LogP contribution in [0, 0.1) is 5.92 Å². The fourth-order valence-electron chi connectivity index (χ4n) is 4.11. The fraction of sp³-hybridized carbons (Fsp3) is 0.579. The summed E-state index contributed by atoms with van der Waals surface area (Å²) in [6.45, 7) is 3.53. The van der Waals surface area contributed by atoms with Gasteiger partial charge in [-0.1, -0.05) is 6.92 Å². The predicted molar refractivity (Wildman–Crippen MR) is 113 cm³/mol. The fourth-order valence-corrected chi connectivity index (χ4v) is 4.64. The molecular formula is C19H25N8O3S-. The number of ether oxygens (including phenoxy) is 1. The molecule has 3 aromatic heterocycles. The second-order valence-corrected chi connectivity index (χ2v) is 9.17. The summed E-state index contributed by atoms with van der Waals surface area (Å²) in [5, 5.41) is 15.0. The molecular weight excluding hydrogens is 420 g/mol. The molecule has 166 valence electrons. The quantitative estimate of drug-likeness (QED) is 0.517. The SMILES string of the molecule is C[C@@H]1CN(CS(=O)[O-])CC[C@@H]1Nc1nc2cnc(-c3cn[nH]c3)c(OC3CCC3)n2n1. The van der Waals surface area contributed by atoms with E-state index in [2.05, 4.69) is 37.5 Å². The third kappa shape index (κ3) is 4.27. The molecule has 0 amide bonds. The van der Waals surface area contributed by atoms with Gasteiger partial charge in [-0.25, -0.2) is 4.98 Å². The molecule has 0 spiro atoms. The van der Waals surface area contributed by atoms with E-state index in [9.17, 15) is 8.76 Å². The van der Waals surface area contributed by atoms with Gasteiger partial charge in [0.25, 0.3) is 0 Å². The lowest BCUT2D eigenvalue weighted by molar-refractivity contribution is 0.112. The van der Waals surface area contributed by atoms with Crippen molar-refractivity contribution in [3.05, 3.63) is 18.6 Å². The van der Waals surface area contributed by atoms with Crippen LogP contribution in [0.4, 0.5) is 5.95 Å². The van der Waals surface area contributed by atoms with Crippen LogP contribution < -0.4 is 10.1 Å². The van der Waals surface area contributed by atoms with Crippen LogP contribution in [0.25, 0.3) is 16.9 Å². The summed E-state index contributed by atoms with van der Waals surface area (Å²) in [6.07, 6.45) is 9.35. The minimum absolute atomic E-state index is 0.0774. The van der Waals surface area contributed by atoms with Crippen LogP contribution in [-0.4, -0.2) is 74.6 Å². The highest BCUT2D eigenvalue weighted by Crippen LogP contribution is 2.32. The van der Waals surface area contributed by atoms with E-state index >= 15 is 0 Å². The molecule has 11 nitrogen and oxygen atoms in total. The number of piperidine rings is 1. The zero-order valence-corrected chi connectivity index (χ0v) is 18.0. The van der Waals surface area contributed by atoms with Gasteiger partial charge in [-0.2, -0.15) is 14.6 Å². The number of hydrogen-bond donors (Lipinski definition) is 2. The predicted octanol–water partition coefficient (Wildman–Crippen LogP) is 1.40. The summed E-state index contributed by atoms with van der Waals surface area (Å²) in [5.41, 5.74) is 2.12. The summed E-state index contributed by atoms with van der Waals surface area (Å²) in [5.74, 6) is 1.43. The van der Waals surface area contributed by atoms with Gasteiger partial charge in [0.1, 0.15) is 11.8 Å². The molecule has 2 fully saturated rings. The number of H-pyrrole nitrogens is 1. The first-order chi connectivity index (χ1) is 15.1. The van der Waals surface area contributed by atoms with Crippen molar-refractivity contribution in [1.82, 2.24) is 34.7 Å². The molecule has 2 N–H and O–H groups in total. The maximum Gasteiger partial charge on any atom is 0.244 e. The summed E-state index contributed by atoms with van der Waals surface area (Å²) >= 11 is -2.06. The molecule has 3 aromatic rings. The van der Waals surface area contributed by atoms with E-state index in [-0.39, 0.29) is 23.9 Å². The van der Waals surface area contributed by atoms with Crippen LogP contribution >= 0.6 is 0 Å². The van der Waals surface area contributed by atoms with Crippen molar-refractivity contribution >= 4 is 22.7 Å². The number of nitrogens with one attached hydrogen (secondary N) is 2. The first-order valence-electron chi connectivity index (χ1n) is 10.5. The monoisotopic (exact) mass is 445 g/mol. The Kier molecular flexibility index (Phi) is 5.59. The average molecular weight is 446 g/mol. The standard InChI is InChI=1S/C19H26N8O3S/c1-12-10-26(11-31(28)29)6-5-15(12)23-19-24-16-9-20-17(13-7-21-22-8-13)18(27(16)25-19)30-14-3-2-4-14/h7-9,12,14-15H,2-6,10-11H2,1H3,(H,21,22)(H,23,25)(H,28,29)/p-1/t12-,15+/m1/s1. The Morgan fingerprint density at radius 3 is 2.90 bits per heavy atom. The summed E-state index contributed by atoms with van der Waals surface area (Å²) in [6, 6.07) is 0.158. The number of fused-ring (bicyclic) bond motifs is 1. The lowest BCUT2D eigenvalue weighted by Crippen LogP contribution is -2.46. The Hall–Kier alpha value is -2.57. The molecule has 1 aliphatic carbocycles. The maximum absolute atomic E-state index is 11.0. The third-order valence-corrected chi connectivity index (χ3v) is 6.61. The minimum Gasteiger partial charge on any atom is -0.771 e. The highest BCUT2D eigenvalue weighted by atomic mass is 32.2. The molecule has 3 atom stereocenters. The van der Waals surface area contributed by atoms with Gasteiger partial charge in [-0.05, 0) is 42.7 Å². The first kappa shape index (κ1) is 20.3. The van der Waals surface area contributed by atoms with E-state index in [4.69, 9.17) is 4.74 Å². The van der Waals surface area contributed by atoms with E-state index in [0.29, 0.717) is 36.3 Å². The van der Waals surface area contributed by atoms with Crippen molar-refractivity contribution in [3.8, 4) is 17.1 Å². The topological polar surface area (TPSA) is 136 Å². The van der Waals surface area contributed by atoms with Gasteiger partial charge in [0, 0.05) is 30.9 Å². The van der Waals surface area contributed by atoms with Gasteiger partial charge >= 0.3 is 0 Å². The Labute approximate surface area is 181 Å². The molecule has 1 aliphatic heterocycles. The number of aromatic nitrogens is 6. The molecule has 0 aromatic carbocycles. The second kappa shape index (κ2) is 8.52. The number of aromatic amines is 1. The Morgan fingerprint density at radius 1 is 1.35 bits per heavy atom. The van der Waals surface area contributed by atoms with Crippen molar-refractivity contribution in [3.63, 3.8) is 0 Å². The normalized spacial score (nSPS) is 23.5. The van der Waals surface area contributed by atoms with Gasteiger partial charge in [-0.15, -0.1) is 5.10 Å². The number of hydrogen-bond acceptors (Lipinski definition) is 9. The maximum atomic E-state index is 11.0. The van der Waals surface area contributed by atoms with Crippen LogP contribution in [0.2, 0.25) is 0 Å². The van der Waals surface area contributed by atoms with Crippen LogP contribution in [0.3, 0.4) is 0 Å². The second-order valence-electron chi connectivity index (χ2n) is 8.30. The zero-order valence-electron chi connectivity index (χ0n) is 17.2. The summed E-state index contributed by atoms with van der Waals surface area (Å²) < 4.78 is 29.9. The summed E-state index contributed by atoms with van der Waals surface area (Å²) in [7, 11) is 0. The smallest absolute Gasteiger partial charge is 0.244 e. The van der Waals surface area contributed by atoms with E-state index < -0.39 is 11.1 Å². The molecule has 0 bridgehead atoms. The number of likely N-dealkylation sites (tertiary alicyclic amines) is 1. The van der Waals surface area contributed by atoms with E-state index in [1.807, 2.05) is 4.90 Å². The van der Waals surface area contributed by atoms with E-state index in [1.165, 1.54) is 0 Å². The average Bonchev–Trinajstić information content (AvgIpc) is 3.35. The van der Waals surface area contributed by atoms with Crippen molar-refractivity contribution in [2.75, 3.05) is 24.3 Å². The van der Waals surface area contributed by atoms with Crippen LogP contribution in [-0.2, 0) is 11.1 Å². The van der Waals surface area contributed by atoms with Crippen molar-refractivity contribution in [1.29, 1.82) is 0 Å². The molecule has 4 heterocycles. The van der Waals surface area contributed by atoms with Gasteiger partial charge in [0.2, 0.25) is 11.8 Å². The first-order valence-corrected chi connectivity index (χ1v) is 11.8. The Bertz CT molecular complexity index is 1070. The lowest BCUT2D eigenvalue weighted by Gasteiger charge is -2.37. The molecule has 1 saturated carbocycles. The van der Waals surface area contributed by atoms with Gasteiger partial charge in [0.05, 0.1) is 18.3 Å². The van der Waals surface area contributed by atoms with Crippen molar-refractivity contribution in [2.45, 2.75) is 44.8 Å². The Balaban J connectivity index is 1.39. The molecule has 5 rings (SSSR count). The third-order valence-electron chi connectivity index (χ3n) is 6.03. The molecule has 12 heteroatoms. The number of rotatable bonds is 7. The van der Waals surface area contributed by atoms with Crippen LogP contribution in [0.1, 0.15) is 32.6 Å². The minimum atomic E-state index is -2.06. The van der Waals surface area contributed by atoms with Crippen molar-refractivity contribution in [2.24, 2.45) is 5.92 Å². The van der Waals surface area contributed by atoms with Crippen LogP contribution in [0.5, 0.6) is 5.88 Å². The zero-order chi connectivity index (χ0) is 21.4.